The van der Waals surface area contributed by atoms with Crippen molar-refractivity contribution in [2.45, 2.75) is 38.4 Å². The van der Waals surface area contributed by atoms with E-state index in [1.54, 1.807) is 0 Å². The molecule has 0 atom stereocenters. The third kappa shape index (κ3) is 5.21. The molecule has 0 spiro atoms. The van der Waals surface area contributed by atoms with Crippen molar-refractivity contribution in [3.05, 3.63) is 51.4 Å². The second kappa shape index (κ2) is 7.59. The summed E-state index contributed by atoms with van der Waals surface area (Å²) in [4.78, 5) is 15.1. The van der Waals surface area contributed by atoms with Crippen molar-refractivity contribution in [1.29, 1.82) is 0 Å². The fourth-order valence-electron chi connectivity index (χ4n) is 2.38. The van der Waals surface area contributed by atoms with E-state index >= 15 is 0 Å². The van der Waals surface area contributed by atoms with Crippen LogP contribution in [0, 0.1) is 0 Å². The van der Waals surface area contributed by atoms with Crippen molar-refractivity contribution in [2.24, 2.45) is 0 Å². The van der Waals surface area contributed by atoms with Crippen LogP contribution < -0.4 is 10.9 Å². The Balaban J connectivity index is 2.71. The second-order valence-electron chi connectivity index (χ2n) is 5.83. The van der Waals surface area contributed by atoms with E-state index in [1.165, 1.54) is 6.92 Å². The zero-order valence-corrected chi connectivity index (χ0v) is 14.4. The van der Waals surface area contributed by atoms with Gasteiger partial charge in [-0.05, 0) is 24.6 Å². The summed E-state index contributed by atoms with van der Waals surface area (Å²) in [5.41, 5.74) is -7.15. The molecule has 29 heavy (non-hydrogen) atoms. The topological polar surface area (TPSA) is 46.9 Å². The highest BCUT2D eigenvalue weighted by molar-refractivity contribution is 5.61. The molecule has 0 saturated carbocycles. The van der Waals surface area contributed by atoms with Crippen LogP contribution in [0.25, 0.3) is 0 Å². The average Bonchev–Trinajstić information content (AvgIpc) is 2.55. The van der Waals surface area contributed by atoms with Crippen molar-refractivity contribution < 1.29 is 39.5 Å². The van der Waals surface area contributed by atoms with E-state index in [2.05, 4.69) is 4.98 Å². The van der Waals surface area contributed by atoms with Crippen LogP contribution in [-0.4, -0.2) is 9.55 Å². The summed E-state index contributed by atoms with van der Waals surface area (Å²) in [5.74, 6) is -0.962. The van der Waals surface area contributed by atoms with Crippen LogP contribution in [0.3, 0.4) is 0 Å². The number of benzene rings is 1. The van der Waals surface area contributed by atoms with Crippen LogP contribution >= 0.6 is 0 Å². The first-order chi connectivity index (χ1) is 13.1. The molecule has 1 aromatic heterocycles. The number of anilines is 2. The Morgan fingerprint density at radius 3 is 2.03 bits per heavy atom. The second-order valence-corrected chi connectivity index (χ2v) is 5.83. The molecule has 0 amide bonds. The zero-order valence-electron chi connectivity index (χ0n) is 14.4. The summed E-state index contributed by atoms with van der Waals surface area (Å²) in [6.45, 7) is 1.30. The minimum absolute atomic E-state index is 0.0888. The monoisotopic (exact) mass is 433 g/mol. The van der Waals surface area contributed by atoms with Gasteiger partial charge in [-0.15, -0.1) is 0 Å². The normalized spacial score (nSPS) is 12.9. The summed E-state index contributed by atoms with van der Waals surface area (Å²) < 4.78 is 118. The standard InChI is InChI=1S/C16H12F9N3O/c1-2-5-28-12(29)7-11(16(23,24)25)27-13(28)26-10-6-8(14(17,18)19)3-4-9(10)15(20,21)22/h3-4,6-7H,2,5H2,1H3,(H,26,27). The van der Waals surface area contributed by atoms with E-state index in [0.717, 1.165) is 0 Å². The van der Waals surface area contributed by atoms with Gasteiger partial charge in [-0.3, -0.25) is 9.36 Å². The molecule has 0 aliphatic carbocycles. The third-order valence-electron chi connectivity index (χ3n) is 3.64. The van der Waals surface area contributed by atoms with E-state index in [9.17, 15) is 44.3 Å². The van der Waals surface area contributed by atoms with Crippen LogP contribution in [-0.2, 0) is 25.1 Å². The summed E-state index contributed by atoms with van der Waals surface area (Å²) in [5, 5.41) is 1.83. The summed E-state index contributed by atoms with van der Waals surface area (Å²) in [6, 6.07) is 0.566. The van der Waals surface area contributed by atoms with Crippen molar-refractivity contribution in [2.75, 3.05) is 5.32 Å². The maximum Gasteiger partial charge on any atom is 0.433 e. The summed E-state index contributed by atoms with van der Waals surface area (Å²) in [6.07, 6.45) is -15.0. The van der Waals surface area contributed by atoms with Crippen molar-refractivity contribution in [1.82, 2.24) is 9.55 Å². The van der Waals surface area contributed by atoms with Gasteiger partial charge in [0.05, 0.1) is 16.8 Å². The fourth-order valence-corrected chi connectivity index (χ4v) is 2.38. The number of aromatic nitrogens is 2. The van der Waals surface area contributed by atoms with E-state index in [0.29, 0.717) is 4.57 Å². The lowest BCUT2D eigenvalue weighted by atomic mass is 10.1. The van der Waals surface area contributed by atoms with E-state index in [1.807, 2.05) is 5.32 Å². The highest BCUT2D eigenvalue weighted by Crippen LogP contribution is 2.40. The fraction of sp³-hybridized carbons (Fsp3) is 0.375. The number of halogens is 9. The number of hydrogen-bond donors (Lipinski definition) is 1. The predicted octanol–water partition coefficient (Wildman–Crippen LogP) is 5.45. The molecule has 0 unspecified atom stereocenters. The van der Waals surface area contributed by atoms with E-state index in [-0.39, 0.29) is 37.2 Å². The largest absolute Gasteiger partial charge is 0.433 e. The van der Waals surface area contributed by atoms with Crippen LogP contribution in [0.1, 0.15) is 30.2 Å². The first kappa shape index (κ1) is 22.6. The quantitative estimate of drug-likeness (QED) is 0.653. The van der Waals surface area contributed by atoms with Gasteiger partial charge in [0, 0.05) is 12.6 Å². The lowest BCUT2D eigenvalue weighted by molar-refractivity contribution is -0.141. The molecule has 0 saturated heterocycles. The highest BCUT2D eigenvalue weighted by atomic mass is 19.4. The molecule has 0 aliphatic heterocycles. The minimum Gasteiger partial charge on any atom is -0.325 e. The molecule has 1 aromatic carbocycles. The molecule has 2 aromatic rings. The van der Waals surface area contributed by atoms with Gasteiger partial charge in [0.25, 0.3) is 5.56 Å². The minimum atomic E-state index is -5.12. The van der Waals surface area contributed by atoms with E-state index < -0.39 is 52.5 Å². The molecule has 4 nitrogen and oxygen atoms in total. The molecule has 2 rings (SSSR count). The number of nitrogens with zero attached hydrogens (tertiary/aromatic N) is 2. The van der Waals surface area contributed by atoms with Gasteiger partial charge in [0.2, 0.25) is 5.95 Å². The first-order valence-corrected chi connectivity index (χ1v) is 7.89. The molecule has 1 heterocycles. The van der Waals surface area contributed by atoms with Gasteiger partial charge in [0.15, 0.2) is 5.69 Å². The number of nitrogens with one attached hydrogen (secondary N) is 1. The molecule has 1 N–H and O–H groups in total. The highest BCUT2D eigenvalue weighted by Gasteiger charge is 2.38. The molecular formula is C16H12F9N3O. The maximum atomic E-state index is 13.2. The molecule has 160 valence electrons. The first-order valence-electron chi connectivity index (χ1n) is 7.89. The van der Waals surface area contributed by atoms with Crippen LogP contribution in [0.4, 0.5) is 51.1 Å². The smallest absolute Gasteiger partial charge is 0.325 e. The number of hydrogen-bond acceptors (Lipinski definition) is 3. The van der Waals surface area contributed by atoms with Gasteiger partial charge in [-0.25, -0.2) is 4.98 Å². The molecule has 13 heteroatoms. The Bertz CT molecular complexity index is 943. The Morgan fingerprint density at radius 2 is 1.55 bits per heavy atom. The van der Waals surface area contributed by atoms with Crippen LogP contribution in [0.15, 0.2) is 29.1 Å². The Hall–Kier alpha value is -2.73. The van der Waals surface area contributed by atoms with Gasteiger partial charge in [-0.1, -0.05) is 6.92 Å². The van der Waals surface area contributed by atoms with Crippen molar-refractivity contribution in [3.8, 4) is 0 Å². The van der Waals surface area contributed by atoms with Crippen LogP contribution in [0.2, 0.25) is 0 Å². The third-order valence-corrected chi connectivity index (χ3v) is 3.64. The molecule has 0 fully saturated rings. The zero-order chi connectivity index (χ0) is 22.2. The Kier molecular flexibility index (Phi) is 5.91. The van der Waals surface area contributed by atoms with Crippen molar-refractivity contribution >= 4 is 11.6 Å². The lowest BCUT2D eigenvalue weighted by Gasteiger charge is -2.19. The van der Waals surface area contributed by atoms with Gasteiger partial charge >= 0.3 is 18.5 Å². The Labute approximate surface area is 157 Å². The molecular weight excluding hydrogens is 421 g/mol. The average molecular weight is 433 g/mol. The van der Waals surface area contributed by atoms with Gasteiger partial charge < -0.3 is 5.32 Å². The number of alkyl halides is 9. The number of rotatable bonds is 4. The predicted molar refractivity (Wildman–Crippen MR) is 83.5 cm³/mol. The van der Waals surface area contributed by atoms with Gasteiger partial charge in [0.1, 0.15) is 0 Å². The Morgan fingerprint density at radius 1 is 0.931 bits per heavy atom. The molecule has 0 bridgehead atoms. The van der Waals surface area contributed by atoms with Gasteiger partial charge in [-0.2, -0.15) is 39.5 Å². The lowest BCUT2D eigenvalue weighted by Crippen LogP contribution is -2.27. The van der Waals surface area contributed by atoms with Crippen molar-refractivity contribution in [3.63, 3.8) is 0 Å². The summed E-state index contributed by atoms with van der Waals surface area (Å²) in [7, 11) is 0. The van der Waals surface area contributed by atoms with Crippen LogP contribution in [0.5, 0.6) is 0 Å². The van der Waals surface area contributed by atoms with E-state index in [4.69, 9.17) is 0 Å². The molecule has 0 radical (unpaired) electrons. The summed E-state index contributed by atoms with van der Waals surface area (Å²) >= 11 is 0. The maximum absolute atomic E-state index is 13.2. The molecule has 0 aliphatic rings. The SMILES string of the molecule is CCCn1c(Nc2cc(C(F)(F)F)ccc2C(F)(F)F)nc(C(F)(F)F)cc1=O.